The standard InChI is InChI=1S/C11H12BrClO/c12-10-6-9(13)4-5-11(10)14-7-8-2-1-3-8/h4-6,8H,1-3,7H2. The van der Waals surface area contributed by atoms with Gasteiger partial charge in [-0.25, -0.2) is 0 Å². The quantitative estimate of drug-likeness (QED) is 0.800. The highest BCUT2D eigenvalue weighted by atomic mass is 79.9. The van der Waals surface area contributed by atoms with E-state index in [4.69, 9.17) is 16.3 Å². The molecule has 0 spiro atoms. The lowest BCUT2D eigenvalue weighted by Gasteiger charge is -2.25. The summed E-state index contributed by atoms with van der Waals surface area (Å²) in [7, 11) is 0. The van der Waals surface area contributed by atoms with Crippen LogP contribution in [0.5, 0.6) is 5.75 Å². The first-order valence-electron chi connectivity index (χ1n) is 4.83. The highest BCUT2D eigenvalue weighted by Gasteiger charge is 2.18. The van der Waals surface area contributed by atoms with Gasteiger partial charge in [-0.3, -0.25) is 0 Å². The Morgan fingerprint density at radius 3 is 2.79 bits per heavy atom. The van der Waals surface area contributed by atoms with Crippen LogP contribution in [0.3, 0.4) is 0 Å². The van der Waals surface area contributed by atoms with Gasteiger partial charge in [0.25, 0.3) is 0 Å². The summed E-state index contributed by atoms with van der Waals surface area (Å²) in [6, 6.07) is 5.62. The first-order valence-corrected chi connectivity index (χ1v) is 6.00. The highest BCUT2D eigenvalue weighted by Crippen LogP contribution is 2.31. The van der Waals surface area contributed by atoms with E-state index < -0.39 is 0 Å². The SMILES string of the molecule is Clc1ccc(OCC2CCC2)c(Br)c1. The topological polar surface area (TPSA) is 9.23 Å². The molecule has 0 bridgehead atoms. The Kier molecular flexibility index (Phi) is 3.34. The van der Waals surface area contributed by atoms with Gasteiger partial charge in [0.1, 0.15) is 5.75 Å². The fourth-order valence-electron chi connectivity index (χ4n) is 1.46. The summed E-state index contributed by atoms with van der Waals surface area (Å²) in [5, 5.41) is 0.730. The lowest BCUT2D eigenvalue weighted by atomic mass is 9.86. The van der Waals surface area contributed by atoms with Gasteiger partial charge >= 0.3 is 0 Å². The van der Waals surface area contributed by atoms with Gasteiger partial charge in [-0.05, 0) is 52.9 Å². The van der Waals surface area contributed by atoms with Crippen molar-refractivity contribution in [3.05, 3.63) is 27.7 Å². The van der Waals surface area contributed by atoms with Gasteiger partial charge in [-0.2, -0.15) is 0 Å². The maximum atomic E-state index is 5.83. The third kappa shape index (κ3) is 2.43. The Labute approximate surface area is 97.5 Å². The molecule has 0 unspecified atom stereocenters. The monoisotopic (exact) mass is 274 g/mol. The second-order valence-electron chi connectivity index (χ2n) is 3.68. The molecule has 76 valence electrons. The van der Waals surface area contributed by atoms with Crippen LogP contribution in [-0.4, -0.2) is 6.61 Å². The molecule has 1 aromatic carbocycles. The molecule has 1 fully saturated rings. The maximum absolute atomic E-state index is 5.83. The molecule has 0 amide bonds. The molecule has 0 N–H and O–H groups in total. The van der Waals surface area contributed by atoms with Crippen molar-refractivity contribution in [1.82, 2.24) is 0 Å². The fourth-order valence-corrected chi connectivity index (χ4v) is 2.26. The van der Waals surface area contributed by atoms with Crippen LogP contribution in [0, 0.1) is 5.92 Å². The van der Waals surface area contributed by atoms with Gasteiger partial charge in [-0.1, -0.05) is 18.0 Å². The average molecular weight is 276 g/mol. The second kappa shape index (κ2) is 4.54. The lowest BCUT2D eigenvalue weighted by Crippen LogP contribution is -2.19. The zero-order valence-electron chi connectivity index (χ0n) is 7.80. The van der Waals surface area contributed by atoms with E-state index in [9.17, 15) is 0 Å². The van der Waals surface area contributed by atoms with Crippen LogP contribution < -0.4 is 4.74 Å². The van der Waals surface area contributed by atoms with Crippen molar-refractivity contribution < 1.29 is 4.74 Å². The summed E-state index contributed by atoms with van der Waals surface area (Å²) in [5.41, 5.74) is 0. The number of halogens is 2. The summed E-state index contributed by atoms with van der Waals surface area (Å²) in [5.74, 6) is 1.65. The number of rotatable bonds is 3. The third-order valence-electron chi connectivity index (χ3n) is 2.59. The number of ether oxygens (including phenoxy) is 1. The van der Waals surface area contributed by atoms with Crippen LogP contribution in [0.25, 0.3) is 0 Å². The Hall–Kier alpha value is -0.210. The molecular weight excluding hydrogens is 263 g/mol. The van der Waals surface area contributed by atoms with Gasteiger partial charge in [0.2, 0.25) is 0 Å². The summed E-state index contributed by atoms with van der Waals surface area (Å²) < 4.78 is 6.62. The molecule has 0 radical (unpaired) electrons. The third-order valence-corrected chi connectivity index (χ3v) is 3.45. The molecule has 0 aliphatic heterocycles. The molecule has 14 heavy (non-hydrogen) atoms. The Balaban J connectivity index is 1.94. The van der Waals surface area contributed by atoms with Crippen LogP contribution in [0.1, 0.15) is 19.3 Å². The number of hydrogen-bond acceptors (Lipinski definition) is 1. The van der Waals surface area contributed by atoms with Crippen molar-refractivity contribution in [1.29, 1.82) is 0 Å². The summed E-state index contributed by atoms with van der Waals surface area (Å²) in [6.45, 7) is 0.834. The Morgan fingerprint density at radius 1 is 1.43 bits per heavy atom. The smallest absolute Gasteiger partial charge is 0.133 e. The molecule has 1 saturated carbocycles. The van der Waals surface area contributed by atoms with E-state index in [0.717, 1.165) is 27.8 Å². The zero-order chi connectivity index (χ0) is 9.97. The number of benzene rings is 1. The zero-order valence-corrected chi connectivity index (χ0v) is 10.1. The van der Waals surface area contributed by atoms with E-state index in [0.29, 0.717) is 0 Å². The largest absolute Gasteiger partial charge is 0.492 e. The molecule has 1 aromatic rings. The minimum Gasteiger partial charge on any atom is -0.492 e. The molecule has 1 nitrogen and oxygen atoms in total. The van der Waals surface area contributed by atoms with Crippen molar-refractivity contribution in [3.63, 3.8) is 0 Å². The van der Waals surface area contributed by atoms with Crippen molar-refractivity contribution in [2.75, 3.05) is 6.61 Å². The van der Waals surface area contributed by atoms with E-state index in [-0.39, 0.29) is 0 Å². The van der Waals surface area contributed by atoms with Crippen LogP contribution in [0.2, 0.25) is 5.02 Å². The van der Waals surface area contributed by atoms with E-state index in [1.807, 2.05) is 18.2 Å². The normalized spacial score (nSPS) is 16.4. The fraction of sp³-hybridized carbons (Fsp3) is 0.455. The minimum atomic E-state index is 0.730. The van der Waals surface area contributed by atoms with Crippen molar-refractivity contribution >= 4 is 27.5 Å². The van der Waals surface area contributed by atoms with Gasteiger partial charge in [-0.15, -0.1) is 0 Å². The van der Waals surface area contributed by atoms with Crippen LogP contribution in [0.15, 0.2) is 22.7 Å². The summed E-state index contributed by atoms with van der Waals surface area (Å²) >= 11 is 9.26. The average Bonchev–Trinajstić information content (AvgIpc) is 2.05. The lowest BCUT2D eigenvalue weighted by molar-refractivity contribution is 0.180. The number of hydrogen-bond donors (Lipinski definition) is 0. The van der Waals surface area contributed by atoms with Gasteiger partial charge in [0, 0.05) is 5.02 Å². The molecule has 0 saturated heterocycles. The molecule has 1 aliphatic carbocycles. The summed E-state index contributed by atoms with van der Waals surface area (Å²) in [6.07, 6.45) is 3.98. The van der Waals surface area contributed by atoms with Crippen molar-refractivity contribution in [3.8, 4) is 5.75 Å². The van der Waals surface area contributed by atoms with E-state index >= 15 is 0 Å². The predicted molar refractivity (Wildman–Crippen MR) is 62.0 cm³/mol. The first-order chi connectivity index (χ1) is 6.75. The Bertz CT molecular complexity index is 323. The predicted octanol–water partition coefficient (Wildman–Crippen LogP) is 4.28. The van der Waals surface area contributed by atoms with Crippen LogP contribution in [-0.2, 0) is 0 Å². The molecular formula is C11H12BrClO. The van der Waals surface area contributed by atoms with Gasteiger partial charge < -0.3 is 4.74 Å². The molecule has 0 aromatic heterocycles. The highest BCUT2D eigenvalue weighted by molar-refractivity contribution is 9.10. The van der Waals surface area contributed by atoms with E-state index in [1.165, 1.54) is 19.3 Å². The first kappa shape index (κ1) is 10.3. The second-order valence-corrected chi connectivity index (χ2v) is 4.97. The molecule has 1 aliphatic rings. The maximum Gasteiger partial charge on any atom is 0.133 e. The molecule has 3 heteroatoms. The Morgan fingerprint density at radius 2 is 2.21 bits per heavy atom. The van der Waals surface area contributed by atoms with E-state index in [2.05, 4.69) is 15.9 Å². The minimum absolute atomic E-state index is 0.730. The molecule has 2 rings (SSSR count). The molecule has 0 atom stereocenters. The van der Waals surface area contributed by atoms with Gasteiger partial charge in [0.05, 0.1) is 11.1 Å². The van der Waals surface area contributed by atoms with Crippen molar-refractivity contribution in [2.24, 2.45) is 5.92 Å². The molecule has 0 heterocycles. The summed E-state index contributed by atoms with van der Waals surface area (Å²) in [4.78, 5) is 0. The van der Waals surface area contributed by atoms with Crippen LogP contribution >= 0.6 is 27.5 Å². The van der Waals surface area contributed by atoms with Crippen LogP contribution in [0.4, 0.5) is 0 Å². The van der Waals surface area contributed by atoms with E-state index in [1.54, 1.807) is 0 Å². The van der Waals surface area contributed by atoms with Gasteiger partial charge in [0.15, 0.2) is 0 Å². The van der Waals surface area contributed by atoms with Crippen molar-refractivity contribution in [2.45, 2.75) is 19.3 Å².